The van der Waals surface area contributed by atoms with E-state index in [1.807, 2.05) is 105 Å². The molecule has 16 heterocycles. The molecule has 21 aromatic rings. The quantitative estimate of drug-likeness (QED) is 0.0377. The number of aromatic amines is 8. The van der Waals surface area contributed by atoms with Gasteiger partial charge in [-0.25, -0.2) is 57.8 Å². The predicted molar refractivity (Wildman–Crippen MR) is 450 cm³/mol. The van der Waals surface area contributed by atoms with Gasteiger partial charge in [-0.15, -0.1) is 0 Å². The summed E-state index contributed by atoms with van der Waals surface area (Å²) < 4.78 is 45.5. The van der Waals surface area contributed by atoms with Crippen molar-refractivity contribution < 1.29 is 22.7 Å². The van der Waals surface area contributed by atoms with Gasteiger partial charge in [0.05, 0.1) is 84.5 Å². The smallest absolute Gasteiger partial charge is 0.340 e. The highest BCUT2D eigenvalue weighted by atomic mass is 19.2. The van der Waals surface area contributed by atoms with E-state index in [2.05, 4.69) is 181 Å². The average Bonchev–Trinajstić information content (AvgIpc) is 1.61. The molecule has 16 aromatic heterocycles. The molecule has 11 N–H and O–H groups in total. The van der Waals surface area contributed by atoms with Crippen LogP contribution < -0.4 is 16.0 Å². The molecule has 0 aliphatic heterocycles. The maximum absolute atomic E-state index is 13.5. The molecule has 5 aromatic carbocycles. The van der Waals surface area contributed by atoms with E-state index in [-0.39, 0.29) is 5.82 Å². The van der Waals surface area contributed by atoms with Gasteiger partial charge < -0.3 is 40.6 Å². The van der Waals surface area contributed by atoms with Crippen molar-refractivity contribution in [2.45, 2.75) is 33.5 Å². The van der Waals surface area contributed by atoms with E-state index in [4.69, 9.17) is 10.00 Å². The highest BCUT2D eigenvalue weighted by molar-refractivity contribution is 6.05. The Balaban J connectivity index is 0.000000110. The normalized spacial score (nSPS) is 11.4. The summed E-state index contributed by atoms with van der Waals surface area (Å²) in [5, 5.41) is 53.4. The zero-order valence-electron chi connectivity index (χ0n) is 64.2. The summed E-state index contributed by atoms with van der Waals surface area (Å²) in [5.41, 5.74) is 21.8. The first kappa shape index (κ1) is 75.3. The van der Waals surface area contributed by atoms with Crippen molar-refractivity contribution in [3.05, 3.63) is 253 Å². The van der Waals surface area contributed by atoms with Crippen LogP contribution in [0.1, 0.15) is 46.5 Å². The molecule has 588 valence electrons. The van der Waals surface area contributed by atoms with Crippen LogP contribution >= 0.6 is 0 Å². The summed E-state index contributed by atoms with van der Waals surface area (Å²) in [4.78, 5) is 78.4. The number of benzene rings is 5. The van der Waals surface area contributed by atoms with E-state index >= 15 is 0 Å². The third kappa shape index (κ3) is 15.1. The fourth-order valence-electron chi connectivity index (χ4n) is 14.1. The largest absolute Gasteiger partial charge is 0.465 e. The van der Waals surface area contributed by atoms with E-state index in [1.165, 1.54) is 19.2 Å². The molecular weight excluding hydrogens is 1530 g/mol. The number of rotatable bonds is 17. The number of pyridine rings is 8. The second kappa shape index (κ2) is 32.7. The topological polar surface area (TPSA) is 419 Å². The van der Waals surface area contributed by atoms with Gasteiger partial charge in [0.25, 0.3) is 0 Å². The number of aromatic nitrogens is 24. The van der Waals surface area contributed by atoms with Crippen LogP contribution in [0.25, 0.3) is 190 Å². The maximum atomic E-state index is 13.5. The van der Waals surface area contributed by atoms with Crippen molar-refractivity contribution in [2.24, 2.45) is 0 Å². The fourth-order valence-corrected chi connectivity index (χ4v) is 14.1. The lowest BCUT2D eigenvalue weighted by atomic mass is 10.0. The molecule has 0 saturated heterocycles. The summed E-state index contributed by atoms with van der Waals surface area (Å²) in [7, 11) is 3.26. The Morgan fingerprint density at radius 3 is 1.40 bits per heavy atom. The molecule has 30 nitrogen and oxygen atoms in total. The number of esters is 1. The highest BCUT2D eigenvalue weighted by Gasteiger charge is 2.23. The zero-order chi connectivity index (χ0) is 81.9. The number of halogens is 3. The van der Waals surface area contributed by atoms with Gasteiger partial charge in [0.15, 0.2) is 57.5 Å². The number of imidazole rings is 4. The SMILES string of the molecule is CCNCc1cncc(-c2cnc3n[nH]c(-c4nc5cc(F)c(F)cc5[nH]4)c3c2)c1.CCNCc1cncc(-c2cnc3n[nH]c(-c4nc5ccc(F)cc5[nH]4)c3c2)c1.CNCc1cncc(-c2cnc3n[nH]c(-c4nc5ccc(C#N)cc5[nH]4)c3c2)c1.COC(=O)c1cccc2[nH]c(-c3[nH]nc4ncc(-c5cncc6ccccc56)cc34)nc12. The molecule has 0 fully saturated rings. The number of hydrogen-bond donors (Lipinski definition) is 11. The van der Waals surface area contributed by atoms with Gasteiger partial charge in [0, 0.05) is 156 Å². The van der Waals surface area contributed by atoms with Crippen molar-refractivity contribution in [1.29, 1.82) is 5.26 Å². The molecular formula is C87H67F3N28O2. The van der Waals surface area contributed by atoms with E-state index in [1.54, 1.807) is 61.3 Å². The van der Waals surface area contributed by atoms with Crippen LogP contribution in [0.5, 0.6) is 0 Å². The van der Waals surface area contributed by atoms with E-state index < -0.39 is 17.6 Å². The molecule has 0 radical (unpaired) electrons. The Labute approximate surface area is 676 Å². The molecule has 0 aliphatic carbocycles. The minimum atomic E-state index is -0.941. The van der Waals surface area contributed by atoms with E-state index in [0.29, 0.717) is 102 Å². The third-order valence-electron chi connectivity index (χ3n) is 20.0. The molecule has 0 aliphatic rings. The Bertz CT molecular complexity index is 7450. The summed E-state index contributed by atoms with van der Waals surface area (Å²) >= 11 is 0. The molecule has 0 unspecified atom stereocenters. The average molecular weight is 1590 g/mol. The molecule has 120 heavy (non-hydrogen) atoms. The number of nitrogens with zero attached hydrogens (tertiary/aromatic N) is 17. The monoisotopic (exact) mass is 1590 g/mol. The zero-order valence-corrected chi connectivity index (χ0v) is 64.2. The summed E-state index contributed by atoms with van der Waals surface area (Å²) in [5.74, 6) is -0.384. The minimum absolute atomic E-state index is 0.309. The van der Waals surface area contributed by atoms with Gasteiger partial charge in [-0.2, -0.15) is 25.7 Å². The summed E-state index contributed by atoms with van der Waals surface area (Å²) in [6.07, 6.45) is 21.8. The summed E-state index contributed by atoms with van der Waals surface area (Å²) in [6, 6.07) is 41.9. The number of fused-ring (bicyclic) bond motifs is 9. The Hall–Kier alpha value is -16.1. The molecule has 0 bridgehead atoms. The van der Waals surface area contributed by atoms with Crippen molar-refractivity contribution in [3.63, 3.8) is 0 Å². The van der Waals surface area contributed by atoms with Crippen LogP contribution in [-0.2, 0) is 24.4 Å². The van der Waals surface area contributed by atoms with Crippen LogP contribution in [-0.4, -0.2) is 154 Å². The van der Waals surface area contributed by atoms with Gasteiger partial charge in [-0.1, -0.05) is 44.2 Å². The predicted octanol–water partition coefficient (Wildman–Crippen LogP) is 15.4. The number of carbonyl (C=O) groups is 1. The van der Waals surface area contributed by atoms with Gasteiger partial charge in [0.2, 0.25) is 0 Å². The highest BCUT2D eigenvalue weighted by Crippen LogP contribution is 2.37. The lowest BCUT2D eigenvalue weighted by Crippen LogP contribution is -2.11. The maximum Gasteiger partial charge on any atom is 0.340 e. The first-order valence-electron chi connectivity index (χ1n) is 37.9. The van der Waals surface area contributed by atoms with Crippen LogP contribution in [0.4, 0.5) is 13.2 Å². The van der Waals surface area contributed by atoms with Gasteiger partial charge in [-0.05, 0) is 133 Å². The standard InChI is InChI=1S/C24H16N6O2.C21H17F2N7.C21H18FN7.C21H16N8/c1-32-24(31)16-7-4-8-19-20(16)28-23(27-19)21-17-9-14(11-26-22(17)30-29-21)18-12-25-10-13-5-2-3-6-15(13)18;1-2-24-7-11-3-12(9-25-8-11)13-4-14-19(29-30-20(14)26-10-13)21-27-17-5-15(22)16(23)6-18(17)28-21;1-2-23-8-12-5-13(10-24-9-12)14-6-16-19(28-29-20(16)25-11-14)21-26-17-4-3-15(22)7-18(17)27-21;1-23-8-13-4-14(10-24-9-13)15-6-16-19(28-29-20(16)25-11-15)21-26-17-3-2-12(7-22)5-18(17)27-21/h2-12H,1H3,(H,27,28)(H,26,29,30);3-6,8-10,24H,2,7H2,1H3,(H,27,28)(H,26,29,30);3-7,9-11,23H,2,8H2,1H3,(H,26,27)(H,25,28,29);2-6,9-11,23H,8H2,1H3,(H,26,27)(H,25,28,29). The van der Waals surface area contributed by atoms with Crippen LogP contribution in [0.3, 0.4) is 0 Å². The first-order chi connectivity index (χ1) is 58.8. The van der Waals surface area contributed by atoms with Gasteiger partial charge in [0.1, 0.15) is 34.1 Å². The molecule has 33 heteroatoms. The van der Waals surface area contributed by atoms with Crippen LogP contribution in [0.2, 0.25) is 0 Å². The molecule has 0 saturated carbocycles. The summed E-state index contributed by atoms with van der Waals surface area (Å²) in [6.45, 7) is 8.14. The number of para-hydroxylation sites is 1. The molecule has 21 rings (SSSR count). The number of H-pyrrole nitrogens is 8. The molecule has 0 amide bonds. The first-order valence-corrected chi connectivity index (χ1v) is 37.9. The number of ether oxygens (including phenoxy) is 1. The van der Waals surface area contributed by atoms with Crippen LogP contribution in [0, 0.1) is 28.8 Å². The van der Waals surface area contributed by atoms with E-state index in [0.717, 1.165) is 161 Å². The van der Waals surface area contributed by atoms with Gasteiger partial charge in [-0.3, -0.25) is 40.3 Å². The Morgan fingerprint density at radius 1 is 0.425 bits per heavy atom. The fraction of sp³-hybridized carbons (Fsp3) is 0.103. The minimum Gasteiger partial charge on any atom is -0.465 e. The van der Waals surface area contributed by atoms with Crippen molar-refractivity contribution >= 4 is 105 Å². The second-order valence-electron chi connectivity index (χ2n) is 27.8. The number of hydrogen-bond acceptors (Lipinski definition) is 22. The lowest BCUT2D eigenvalue weighted by molar-refractivity contribution is 0.0602. The third-order valence-corrected chi connectivity index (χ3v) is 20.0. The molecule has 0 atom stereocenters. The van der Waals surface area contributed by atoms with Gasteiger partial charge >= 0.3 is 5.97 Å². The molecule has 0 spiro atoms. The number of nitriles is 1. The Kier molecular flexibility index (Phi) is 20.5. The lowest BCUT2D eigenvalue weighted by Gasteiger charge is -2.06. The Morgan fingerprint density at radius 2 is 0.875 bits per heavy atom. The van der Waals surface area contributed by atoms with Crippen molar-refractivity contribution in [3.8, 4) is 96.7 Å². The second-order valence-corrected chi connectivity index (χ2v) is 27.8. The number of nitrogens with one attached hydrogen (secondary N) is 11. The number of methoxy groups -OCH3 is 1. The van der Waals surface area contributed by atoms with Crippen molar-refractivity contribution in [1.82, 2.24) is 136 Å². The van der Waals surface area contributed by atoms with Crippen molar-refractivity contribution in [2.75, 3.05) is 27.2 Å². The number of carbonyl (C=O) groups excluding carboxylic acids is 1. The van der Waals surface area contributed by atoms with E-state index in [9.17, 15) is 18.0 Å². The van der Waals surface area contributed by atoms with Crippen LogP contribution in [0.15, 0.2) is 208 Å².